The van der Waals surface area contributed by atoms with Crippen molar-refractivity contribution in [1.82, 2.24) is 10.2 Å². The summed E-state index contributed by atoms with van der Waals surface area (Å²) in [6.07, 6.45) is 2.04. The molecule has 0 saturated carbocycles. The van der Waals surface area contributed by atoms with Gasteiger partial charge in [-0.15, -0.1) is 0 Å². The number of hydrogen-bond donors (Lipinski definition) is 2. The Morgan fingerprint density at radius 2 is 1.94 bits per heavy atom. The quantitative estimate of drug-likeness (QED) is 0.670. The van der Waals surface area contributed by atoms with E-state index in [1.165, 1.54) is 0 Å². The van der Waals surface area contributed by atoms with Crippen LogP contribution in [0.15, 0.2) is 0 Å². The van der Waals surface area contributed by atoms with Gasteiger partial charge in [-0.3, -0.25) is 14.5 Å². The van der Waals surface area contributed by atoms with Gasteiger partial charge in [0.25, 0.3) is 0 Å². The van der Waals surface area contributed by atoms with Crippen LogP contribution in [0.25, 0.3) is 0 Å². The first-order chi connectivity index (χ1) is 7.88. The molecule has 0 aliphatic heterocycles. The third-order valence-electron chi connectivity index (χ3n) is 2.83. The van der Waals surface area contributed by atoms with Crippen LogP contribution in [-0.2, 0) is 9.59 Å². The third kappa shape index (κ3) is 6.94. The fourth-order valence-electron chi connectivity index (χ4n) is 1.53. The molecule has 2 atom stereocenters. The Morgan fingerprint density at radius 1 is 1.35 bits per heavy atom. The second-order valence-corrected chi connectivity index (χ2v) is 4.50. The Balaban J connectivity index is 4.06. The summed E-state index contributed by atoms with van der Waals surface area (Å²) in [4.78, 5) is 24.0. The number of aliphatic carboxylic acids is 1. The largest absolute Gasteiger partial charge is 0.481 e. The molecule has 5 nitrogen and oxygen atoms in total. The molecule has 100 valence electrons. The van der Waals surface area contributed by atoms with E-state index < -0.39 is 5.97 Å². The van der Waals surface area contributed by atoms with Crippen LogP contribution in [0, 0.1) is 0 Å². The number of carbonyl (C=O) groups is 2. The first kappa shape index (κ1) is 15.9. The minimum atomic E-state index is -0.844. The second-order valence-electron chi connectivity index (χ2n) is 4.50. The van der Waals surface area contributed by atoms with Gasteiger partial charge < -0.3 is 10.4 Å². The molecule has 0 aromatic heterocycles. The first-order valence-corrected chi connectivity index (χ1v) is 6.10. The summed E-state index contributed by atoms with van der Waals surface area (Å²) >= 11 is 0. The highest BCUT2D eigenvalue weighted by molar-refractivity contribution is 5.81. The monoisotopic (exact) mass is 244 g/mol. The molecule has 1 amide bonds. The molecule has 0 heterocycles. The van der Waals surface area contributed by atoms with Gasteiger partial charge in [0, 0.05) is 12.6 Å². The van der Waals surface area contributed by atoms with Gasteiger partial charge in [0.1, 0.15) is 0 Å². The molecule has 0 fully saturated rings. The number of carbonyl (C=O) groups excluding carboxylic acids is 1. The summed E-state index contributed by atoms with van der Waals surface area (Å²) in [5, 5.41) is 11.5. The van der Waals surface area contributed by atoms with Gasteiger partial charge >= 0.3 is 5.97 Å². The van der Waals surface area contributed by atoms with E-state index in [1.54, 1.807) is 18.9 Å². The Bertz CT molecular complexity index is 256. The van der Waals surface area contributed by atoms with Crippen molar-refractivity contribution in [1.29, 1.82) is 0 Å². The maximum absolute atomic E-state index is 11.8. The van der Waals surface area contributed by atoms with E-state index in [1.807, 2.05) is 6.92 Å². The number of amides is 1. The summed E-state index contributed by atoms with van der Waals surface area (Å²) < 4.78 is 0. The van der Waals surface area contributed by atoms with Gasteiger partial charge in [-0.25, -0.2) is 0 Å². The van der Waals surface area contributed by atoms with E-state index in [0.717, 1.165) is 12.8 Å². The number of likely N-dealkylation sites (N-methyl/N-ethyl adjacent to an activating group) is 1. The molecule has 0 spiro atoms. The molecule has 2 N–H and O–H groups in total. The van der Waals surface area contributed by atoms with Crippen LogP contribution in [0.4, 0.5) is 0 Å². The lowest BCUT2D eigenvalue weighted by atomic mass is 10.1. The molecular formula is C12H24N2O3. The lowest BCUT2D eigenvalue weighted by Crippen LogP contribution is -2.46. The molecule has 0 rings (SSSR count). The highest BCUT2D eigenvalue weighted by Gasteiger charge is 2.19. The van der Waals surface area contributed by atoms with Crippen molar-refractivity contribution in [2.45, 2.75) is 52.1 Å². The average molecular weight is 244 g/mol. The molecule has 0 aliphatic rings. The van der Waals surface area contributed by atoms with Crippen LogP contribution >= 0.6 is 0 Å². The summed E-state index contributed by atoms with van der Waals surface area (Å²) in [5.74, 6) is -0.886. The second kappa shape index (κ2) is 8.06. The molecule has 0 bridgehead atoms. The lowest BCUT2D eigenvalue weighted by Gasteiger charge is -2.24. The molecule has 0 saturated heterocycles. The molecule has 2 unspecified atom stereocenters. The molecule has 0 aliphatic carbocycles. The SMILES string of the molecule is CCCC(C)NC(=O)C(C)N(C)CCC(=O)O. The van der Waals surface area contributed by atoms with Gasteiger partial charge in [0.05, 0.1) is 12.5 Å². The third-order valence-corrected chi connectivity index (χ3v) is 2.83. The fourth-order valence-corrected chi connectivity index (χ4v) is 1.53. The molecule has 0 aromatic carbocycles. The number of nitrogens with one attached hydrogen (secondary N) is 1. The van der Waals surface area contributed by atoms with Gasteiger partial charge in [0.15, 0.2) is 0 Å². The number of carboxylic acid groups (broad SMARTS) is 1. The van der Waals surface area contributed by atoms with Crippen LogP contribution in [0.3, 0.4) is 0 Å². The zero-order chi connectivity index (χ0) is 13.4. The van der Waals surface area contributed by atoms with Crippen molar-refractivity contribution in [2.75, 3.05) is 13.6 Å². The van der Waals surface area contributed by atoms with Crippen LogP contribution in [0.1, 0.15) is 40.0 Å². The number of carboxylic acids is 1. The number of rotatable bonds is 8. The summed E-state index contributed by atoms with van der Waals surface area (Å²) in [6, 6.07) is -0.128. The normalized spacial score (nSPS) is 14.4. The minimum absolute atomic E-state index is 0.0427. The highest BCUT2D eigenvalue weighted by atomic mass is 16.4. The van der Waals surface area contributed by atoms with Crippen molar-refractivity contribution in [3.05, 3.63) is 0 Å². The summed E-state index contributed by atoms with van der Waals surface area (Å²) in [6.45, 7) is 6.22. The van der Waals surface area contributed by atoms with E-state index in [0.29, 0.717) is 6.54 Å². The molecular weight excluding hydrogens is 220 g/mol. The van der Waals surface area contributed by atoms with Crippen LogP contribution in [0.2, 0.25) is 0 Å². The van der Waals surface area contributed by atoms with Crippen LogP contribution < -0.4 is 5.32 Å². The van der Waals surface area contributed by atoms with E-state index in [4.69, 9.17) is 5.11 Å². The zero-order valence-electron chi connectivity index (χ0n) is 11.2. The topological polar surface area (TPSA) is 69.6 Å². The Hall–Kier alpha value is -1.10. The van der Waals surface area contributed by atoms with Crippen molar-refractivity contribution in [2.24, 2.45) is 0 Å². The molecule has 0 radical (unpaired) electrons. The predicted octanol–water partition coefficient (Wildman–Crippen LogP) is 1.09. The standard InChI is InChI=1S/C12H24N2O3/c1-5-6-9(2)13-12(17)10(3)14(4)8-7-11(15)16/h9-10H,5-8H2,1-4H3,(H,13,17)(H,15,16). The molecule has 5 heteroatoms. The van der Waals surface area contributed by atoms with Gasteiger partial charge in [-0.2, -0.15) is 0 Å². The Kier molecular flexibility index (Phi) is 7.54. The van der Waals surface area contributed by atoms with E-state index in [9.17, 15) is 9.59 Å². The van der Waals surface area contributed by atoms with Crippen molar-refractivity contribution >= 4 is 11.9 Å². The summed E-state index contributed by atoms with van der Waals surface area (Å²) in [7, 11) is 1.76. The summed E-state index contributed by atoms with van der Waals surface area (Å²) in [5.41, 5.74) is 0. The highest BCUT2D eigenvalue weighted by Crippen LogP contribution is 2.00. The van der Waals surface area contributed by atoms with Crippen LogP contribution in [-0.4, -0.2) is 47.6 Å². The smallest absolute Gasteiger partial charge is 0.304 e. The Labute approximate surface area is 103 Å². The van der Waals surface area contributed by atoms with E-state index >= 15 is 0 Å². The fraction of sp³-hybridized carbons (Fsp3) is 0.833. The average Bonchev–Trinajstić information content (AvgIpc) is 2.24. The molecule has 17 heavy (non-hydrogen) atoms. The van der Waals surface area contributed by atoms with Crippen molar-refractivity contribution < 1.29 is 14.7 Å². The van der Waals surface area contributed by atoms with Crippen molar-refractivity contribution in [3.8, 4) is 0 Å². The van der Waals surface area contributed by atoms with E-state index in [2.05, 4.69) is 12.2 Å². The number of nitrogens with zero attached hydrogens (tertiary/aromatic N) is 1. The number of hydrogen-bond acceptors (Lipinski definition) is 3. The minimum Gasteiger partial charge on any atom is -0.481 e. The lowest BCUT2D eigenvalue weighted by molar-refractivity contribution is -0.138. The predicted molar refractivity (Wildman–Crippen MR) is 66.9 cm³/mol. The molecule has 0 aromatic rings. The van der Waals surface area contributed by atoms with Crippen molar-refractivity contribution in [3.63, 3.8) is 0 Å². The maximum Gasteiger partial charge on any atom is 0.304 e. The van der Waals surface area contributed by atoms with Gasteiger partial charge in [0.2, 0.25) is 5.91 Å². The van der Waals surface area contributed by atoms with Gasteiger partial charge in [-0.1, -0.05) is 13.3 Å². The Morgan fingerprint density at radius 3 is 2.41 bits per heavy atom. The zero-order valence-corrected chi connectivity index (χ0v) is 11.2. The van der Waals surface area contributed by atoms with Gasteiger partial charge in [-0.05, 0) is 27.3 Å². The van der Waals surface area contributed by atoms with Crippen LogP contribution in [0.5, 0.6) is 0 Å². The maximum atomic E-state index is 11.8. The first-order valence-electron chi connectivity index (χ1n) is 6.10. The van der Waals surface area contributed by atoms with E-state index in [-0.39, 0.29) is 24.4 Å².